The van der Waals surface area contributed by atoms with E-state index in [1.54, 1.807) is 0 Å². The fraction of sp³-hybridized carbons (Fsp3) is 0.632. The Balaban J connectivity index is 3.31. The second-order valence-corrected chi connectivity index (χ2v) is 4.88. The first-order valence-electron chi connectivity index (χ1n) is 7.82. The van der Waals surface area contributed by atoms with E-state index < -0.39 is 5.97 Å². The zero-order valence-corrected chi connectivity index (χ0v) is 13.1. The summed E-state index contributed by atoms with van der Waals surface area (Å²) in [6.45, 7) is 1.85. The number of hydrogen-bond donors (Lipinski definition) is 0. The van der Waals surface area contributed by atoms with Gasteiger partial charge in [0, 0.05) is 25.2 Å². The Morgan fingerprint density at radius 2 is 1.29 bits per heavy atom. The number of hydrogen-bond acceptors (Lipinski definition) is 2. The van der Waals surface area contributed by atoms with Crippen molar-refractivity contribution in [3.8, 4) is 35.5 Å². The molecule has 0 radical (unpaired) electrons. The van der Waals surface area contributed by atoms with Gasteiger partial charge in [0.15, 0.2) is 0 Å². The van der Waals surface area contributed by atoms with Gasteiger partial charge in [-0.25, -0.2) is 0 Å². The highest BCUT2D eigenvalue weighted by Gasteiger charge is 1.91. The summed E-state index contributed by atoms with van der Waals surface area (Å²) >= 11 is 0. The number of aliphatic carboxylic acids is 1. The Labute approximate surface area is 129 Å². The van der Waals surface area contributed by atoms with Crippen molar-refractivity contribution < 1.29 is 9.90 Å². The van der Waals surface area contributed by atoms with Crippen LogP contribution in [0.4, 0.5) is 0 Å². The molecule has 0 N–H and O–H groups in total. The van der Waals surface area contributed by atoms with Gasteiger partial charge in [0.25, 0.3) is 0 Å². The summed E-state index contributed by atoms with van der Waals surface area (Å²) in [6, 6.07) is 0. The topological polar surface area (TPSA) is 40.1 Å². The third-order valence-electron chi connectivity index (χ3n) is 2.95. The zero-order valence-electron chi connectivity index (χ0n) is 13.1. The SMILES string of the molecule is CC#CCCCC#CC#CCCCCCCCCC(=O)[O-]. The maximum absolute atomic E-state index is 10.2. The first-order valence-corrected chi connectivity index (χ1v) is 7.82. The Bertz CT molecular complexity index is 443. The Hall–Kier alpha value is -1.85. The van der Waals surface area contributed by atoms with E-state index >= 15 is 0 Å². The lowest BCUT2D eigenvalue weighted by Gasteiger charge is -2.01. The summed E-state index contributed by atoms with van der Waals surface area (Å²) in [7, 11) is 0. The van der Waals surface area contributed by atoms with E-state index in [2.05, 4.69) is 35.5 Å². The molecule has 0 aromatic rings. The Morgan fingerprint density at radius 3 is 1.90 bits per heavy atom. The predicted octanol–water partition coefficient (Wildman–Crippen LogP) is 3.06. The third kappa shape index (κ3) is 18.1. The fourth-order valence-corrected chi connectivity index (χ4v) is 1.79. The number of carbonyl (C=O) groups excluding carboxylic acids is 1. The van der Waals surface area contributed by atoms with Crippen LogP contribution in [0.5, 0.6) is 0 Å². The van der Waals surface area contributed by atoms with E-state index in [0.717, 1.165) is 64.2 Å². The third-order valence-corrected chi connectivity index (χ3v) is 2.95. The standard InChI is InChI=1S/C19H26O2/c1-2-3-4-5-6-7-8-9-10-11-12-13-14-15-16-17-18-19(20)21/h4-6,11-18H2,1H3,(H,20,21)/p-1. The highest BCUT2D eigenvalue weighted by atomic mass is 16.4. The molecule has 0 spiro atoms. The van der Waals surface area contributed by atoms with Crippen LogP contribution in [0.1, 0.15) is 77.6 Å². The number of carboxylic acids is 1. The second-order valence-electron chi connectivity index (χ2n) is 4.88. The quantitative estimate of drug-likeness (QED) is 0.457. The van der Waals surface area contributed by atoms with E-state index in [1.165, 1.54) is 0 Å². The summed E-state index contributed by atoms with van der Waals surface area (Å²) in [6.07, 6.45) is 10.1. The van der Waals surface area contributed by atoms with Crippen LogP contribution >= 0.6 is 0 Å². The summed E-state index contributed by atoms with van der Waals surface area (Å²) in [5.41, 5.74) is 0. The largest absolute Gasteiger partial charge is 0.550 e. The smallest absolute Gasteiger partial charge is 0.0414 e. The molecule has 21 heavy (non-hydrogen) atoms. The van der Waals surface area contributed by atoms with Crippen LogP contribution in [0.3, 0.4) is 0 Å². The molecular weight excluding hydrogens is 260 g/mol. The van der Waals surface area contributed by atoms with Crippen LogP contribution in [0, 0.1) is 35.5 Å². The Morgan fingerprint density at radius 1 is 0.762 bits per heavy atom. The van der Waals surface area contributed by atoms with Gasteiger partial charge in [-0.1, -0.05) is 37.5 Å². The molecule has 2 nitrogen and oxygen atoms in total. The van der Waals surface area contributed by atoms with Crippen LogP contribution in [0.25, 0.3) is 0 Å². The predicted molar refractivity (Wildman–Crippen MR) is 84.8 cm³/mol. The normalized spacial score (nSPS) is 8.62. The minimum atomic E-state index is -0.940. The molecule has 0 aliphatic carbocycles. The van der Waals surface area contributed by atoms with Crippen molar-refractivity contribution in [2.75, 3.05) is 0 Å². The summed E-state index contributed by atoms with van der Waals surface area (Å²) in [4.78, 5) is 10.2. The lowest BCUT2D eigenvalue weighted by Crippen LogP contribution is -2.21. The van der Waals surface area contributed by atoms with Crippen molar-refractivity contribution in [1.29, 1.82) is 0 Å². The van der Waals surface area contributed by atoms with E-state index in [-0.39, 0.29) is 6.42 Å². The van der Waals surface area contributed by atoms with Crippen LogP contribution in [-0.4, -0.2) is 5.97 Å². The number of unbranched alkanes of at least 4 members (excludes halogenated alkanes) is 8. The maximum atomic E-state index is 10.2. The average molecular weight is 285 g/mol. The van der Waals surface area contributed by atoms with Crippen molar-refractivity contribution in [1.82, 2.24) is 0 Å². The molecule has 0 fully saturated rings. The molecule has 0 rings (SSSR count). The average Bonchev–Trinajstić information content (AvgIpc) is 2.46. The summed E-state index contributed by atoms with van der Waals surface area (Å²) < 4.78 is 0. The monoisotopic (exact) mass is 285 g/mol. The van der Waals surface area contributed by atoms with Gasteiger partial charge in [0.05, 0.1) is 0 Å². The van der Waals surface area contributed by atoms with Crippen molar-refractivity contribution >= 4 is 5.97 Å². The van der Waals surface area contributed by atoms with Crippen LogP contribution in [-0.2, 0) is 4.79 Å². The Kier molecular flexibility index (Phi) is 14.8. The highest BCUT2D eigenvalue weighted by molar-refractivity contribution is 5.64. The van der Waals surface area contributed by atoms with Gasteiger partial charge in [-0.3, -0.25) is 0 Å². The van der Waals surface area contributed by atoms with Crippen molar-refractivity contribution in [3.63, 3.8) is 0 Å². The van der Waals surface area contributed by atoms with Gasteiger partial charge in [0.2, 0.25) is 0 Å². The lowest BCUT2D eigenvalue weighted by atomic mass is 10.1. The molecule has 0 amide bonds. The van der Waals surface area contributed by atoms with Gasteiger partial charge in [-0.05, 0) is 44.4 Å². The second kappa shape index (κ2) is 16.2. The molecule has 2 heteroatoms. The lowest BCUT2D eigenvalue weighted by molar-refractivity contribution is -0.305. The first kappa shape index (κ1) is 19.1. The molecule has 0 aliphatic heterocycles. The molecule has 0 aromatic heterocycles. The molecule has 114 valence electrons. The minimum absolute atomic E-state index is 0.190. The summed E-state index contributed by atoms with van der Waals surface area (Å²) in [5, 5.41) is 10.2. The van der Waals surface area contributed by atoms with E-state index in [4.69, 9.17) is 0 Å². The molecule has 0 heterocycles. The molecule has 0 saturated heterocycles. The number of carbonyl (C=O) groups is 1. The van der Waals surface area contributed by atoms with Crippen molar-refractivity contribution in [3.05, 3.63) is 0 Å². The maximum Gasteiger partial charge on any atom is 0.0414 e. The van der Waals surface area contributed by atoms with E-state index in [1.807, 2.05) is 6.92 Å². The van der Waals surface area contributed by atoms with Crippen LogP contribution in [0.15, 0.2) is 0 Å². The molecule has 0 bridgehead atoms. The van der Waals surface area contributed by atoms with Crippen LogP contribution < -0.4 is 5.11 Å². The molecule has 0 saturated carbocycles. The number of carboxylic acid groups (broad SMARTS) is 1. The van der Waals surface area contributed by atoms with Gasteiger partial charge < -0.3 is 9.90 Å². The van der Waals surface area contributed by atoms with E-state index in [0.29, 0.717) is 0 Å². The van der Waals surface area contributed by atoms with Gasteiger partial charge in [0.1, 0.15) is 0 Å². The molecular formula is C19H25O2-. The zero-order chi connectivity index (χ0) is 15.6. The first-order chi connectivity index (χ1) is 10.3. The fourth-order valence-electron chi connectivity index (χ4n) is 1.79. The molecule has 0 atom stereocenters. The summed E-state index contributed by atoms with van der Waals surface area (Å²) in [5.74, 6) is 16.8. The van der Waals surface area contributed by atoms with Gasteiger partial charge in [-0.15, -0.1) is 11.8 Å². The molecule has 0 aliphatic rings. The van der Waals surface area contributed by atoms with Gasteiger partial charge in [-0.2, -0.15) is 0 Å². The number of rotatable bonds is 10. The van der Waals surface area contributed by atoms with Crippen molar-refractivity contribution in [2.45, 2.75) is 77.6 Å². The van der Waals surface area contributed by atoms with Crippen LogP contribution in [0.2, 0.25) is 0 Å². The molecule has 0 unspecified atom stereocenters. The van der Waals surface area contributed by atoms with Crippen molar-refractivity contribution in [2.24, 2.45) is 0 Å². The highest BCUT2D eigenvalue weighted by Crippen LogP contribution is 2.07. The minimum Gasteiger partial charge on any atom is -0.550 e. The molecule has 0 aromatic carbocycles. The van der Waals surface area contributed by atoms with E-state index in [9.17, 15) is 9.90 Å². The van der Waals surface area contributed by atoms with Gasteiger partial charge >= 0.3 is 0 Å².